The zero-order valence-corrected chi connectivity index (χ0v) is 13.3. The monoisotopic (exact) mass is 318 g/mol. The summed E-state index contributed by atoms with van der Waals surface area (Å²) in [5, 5.41) is 14.3. The number of carbonyl (C=O) groups is 2. The van der Waals surface area contributed by atoms with E-state index in [1.165, 1.54) is 18.3 Å². The van der Waals surface area contributed by atoms with E-state index in [4.69, 9.17) is 0 Å². The number of carbonyl (C=O) groups excluding carboxylic acids is 1. The van der Waals surface area contributed by atoms with Crippen molar-refractivity contribution in [3.8, 4) is 10.6 Å². The third-order valence-corrected chi connectivity index (χ3v) is 4.26. The number of nitrogens with zero attached hydrogens (tertiary/aromatic N) is 1. The zero-order chi connectivity index (χ0) is 16.2. The second-order valence-electron chi connectivity index (χ2n) is 5.25. The van der Waals surface area contributed by atoms with Crippen molar-refractivity contribution in [1.82, 2.24) is 10.3 Å². The van der Waals surface area contributed by atoms with Crippen molar-refractivity contribution >= 4 is 23.2 Å². The highest BCUT2D eigenvalue weighted by Gasteiger charge is 2.34. The van der Waals surface area contributed by atoms with Crippen molar-refractivity contribution in [3.05, 3.63) is 41.4 Å². The fraction of sp³-hybridized carbons (Fsp3) is 0.312. The van der Waals surface area contributed by atoms with Gasteiger partial charge in [-0.3, -0.25) is 4.79 Å². The Balaban J connectivity index is 2.17. The van der Waals surface area contributed by atoms with Crippen LogP contribution >= 0.6 is 11.3 Å². The highest BCUT2D eigenvalue weighted by Crippen LogP contribution is 2.23. The van der Waals surface area contributed by atoms with Crippen LogP contribution in [0.3, 0.4) is 0 Å². The molecule has 6 heteroatoms. The molecule has 2 rings (SSSR count). The molecule has 1 aromatic heterocycles. The molecule has 0 bridgehead atoms. The molecule has 1 atom stereocenters. The molecule has 0 aliphatic heterocycles. The van der Waals surface area contributed by atoms with E-state index < -0.39 is 17.4 Å². The van der Waals surface area contributed by atoms with E-state index in [-0.39, 0.29) is 5.69 Å². The van der Waals surface area contributed by atoms with Gasteiger partial charge in [-0.2, -0.15) is 0 Å². The van der Waals surface area contributed by atoms with E-state index in [2.05, 4.69) is 10.3 Å². The topological polar surface area (TPSA) is 79.3 Å². The molecule has 2 N–H and O–H groups in total. The number of hydrogen-bond donors (Lipinski definition) is 2. The first-order chi connectivity index (χ1) is 10.5. The number of benzene rings is 1. The van der Waals surface area contributed by atoms with Gasteiger partial charge in [0.05, 0.1) is 0 Å². The largest absolute Gasteiger partial charge is 0.480 e. The fourth-order valence-corrected chi connectivity index (χ4v) is 2.94. The van der Waals surface area contributed by atoms with Gasteiger partial charge in [-0.1, -0.05) is 43.7 Å². The molecule has 1 unspecified atom stereocenters. The average molecular weight is 318 g/mol. The van der Waals surface area contributed by atoms with Crippen LogP contribution < -0.4 is 5.32 Å². The molecule has 22 heavy (non-hydrogen) atoms. The first kappa shape index (κ1) is 16.2. The summed E-state index contributed by atoms with van der Waals surface area (Å²) in [5.41, 5.74) is -0.101. The summed E-state index contributed by atoms with van der Waals surface area (Å²) >= 11 is 1.36. The molecule has 0 saturated carbocycles. The van der Waals surface area contributed by atoms with Crippen molar-refractivity contribution in [1.29, 1.82) is 0 Å². The summed E-state index contributed by atoms with van der Waals surface area (Å²) in [7, 11) is 0. The molecule has 0 aliphatic carbocycles. The molecule has 2 aromatic rings. The SMILES string of the molecule is CCCC(C)(NC(=O)c1csc(-c2ccccc2)n1)C(=O)O. The molecule has 0 saturated heterocycles. The van der Waals surface area contributed by atoms with Gasteiger partial charge in [0.1, 0.15) is 16.2 Å². The second kappa shape index (κ2) is 6.70. The maximum Gasteiger partial charge on any atom is 0.329 e. The molecule has 0 fully saturated rings. The predicted molar refractivity (Wildman–Crippen MR) is 86.0 cm³/mol. The summed E-state index contributed by atoms with van der Waals surface area (Å²) in [6.07, 6.45) is 1.03. The summed E-state index contributed by atoms with van der Waals surface area (Å²) < 4.78 is 0. The molecular weight excluding hydrogens is 300 g/mol. The Bertz CT molecular complexity index is 669. The minimum absolute atomic E-state index is 0.243. The van der Waals surface area contributed by atoms with Crippen LogP contribution in [0.4, 0.5) is 0 Å². The Hall–Kier alpha value is -2.21. The first-order valence-electron chi connectivity index (χ1n) is 7.03. The van der Waals surface area contributed by atoms with E-state index in [0.29, 0.717) is 12.8 Å². The number of nitrogens with one attached hydrogen (secondary N) is 1. The number of aromatic nitrogens is 1. The molecule has 1 heterocycles. The lowest BCUT2D eigenvalue weighted by Gasteiger charge is -2.25. The molecule has 0 spiro atoms. The zero-order valence-electron chi connectivity index (χ0n) is 12.5. The highest BCUT2D eigenvalue weighted by atomic mass is 32.1. The van der Waals surface area contributed by atoms with E-state index in [9.17, 15) is 14.7 Å². The maximum atomic E-state index is 12.3. The van der Waals surface area contributed by atoms with Gasteiger partial charge in [-0.25, -0.2) is 9.78 Å². The number of carboxylic acid groups (broad SMARTS) is 1. The van der Waals surface area contributed by atoms with Crippen LogP contribution in [-0.4, -0.2) is 27.5 Å². The van der Waals surface area contributed by atoms with Gasteiger partial charge in [-0.05, 0) is 13.3 Å². The van der Waals surface area contributed by atoms with Crippen LogP contribution in [0.15, 0.2) is 35.7 Å². The minimum Gasteiger partial charge on any atom is -0.480 e. The molecule has 1 amide bonds. The molecule has 1 aromatic carbocycles. The lowest BCUT2D eigenvalue weighted by Crippen LogP contribution is -2.52. The smallest absolute Gasteiger partial charge is 0.329 e. The van der Waals surface area contributed by atoms with E-state index in [1.807, 2.05) is 37.3 Å². The molecule has 116 valence electrons. The Morgan fingerprint density at radius 3 is 2.59 bits per heavy atom. The van der Waals surface area contributed by atoms with Crippen molar-refractivity contribution in [2.24, 2.45) is 0 Å². The summed E-state index contributed by atoms with van der Waals surface area (Å²) in [5.74, 6) is -1.50. The number of hydrogen-bond acceptors (Lipinski definition) is 4. The number of thiazole rings is 1. The Kier molecular flexibility index (Phi) is 4.92. The van der Waals surface area contributed by atoms with Crippen LogP contribution in [0, 0.1) is 0 Å². The lowest BCUT2D eigenvalue weighted by atomic mass is 9.96. The van der Waals surface area contributed by atoms with Crippen molar-refractivity contribution in [2.45, 2.75) is 32.2 Å². The van der Waals surface area contributed by atoms with Crippen LogP contribution in [0.25, 0.3) is 10.6 Å². The maximum absolute atomic E-state index is 12.3. The molecule has 0 aliphatic rings. The number of aliphatic carboxylic acids is 1. The van der Waals surface area contributed by atoms with E-state index in [0.717, 1.165) is 10.6 Å². The fourth-order valence-electron chi connectivity index (χ4n) is 2.13. The van der Waals surface area contributed by atoms with Crippen LogP contribution in [-0.2, 0) is 4.79 Å². The molecule has 0 radical (unpaired) electrons. The van der Waals surface area contributed by atoms with Crippen molar-refractivity contribution in [3.63, 3.8) is 0 Å². The van der Waals surface area contributed by atoms with Crippen molar-refractivity contribution < 1.29 is 14.7 Å². The number of carboxylic acids is 1. The van der Waals surface area contributed by atoms with Gasteiger partial charge in [0.2, 0.25) is 0 Å². The third-order valence-electron chi connectivity index (χ3n) is 3.37. The Morgan fingerprint density at radius 1 is 1.32 bits per heavy atom. The van der Waals surface area contributed by atoms with Crippen LogP contribution in [0.1, 0.15) is 37.2 Å². The van der Waals surface area contributed by atoms with E-state index >= 15 is 0 Å². The normalized spacial score (nSPS) is 13.4. The first-order valence-corrected chi connectivity index (χ1v) is 7.91. The second-order valence-corrected chi connectivity index (χ2v) is 6.10. The summed E-state index contributed by atoms with van der Waals surface area (Å²) in [6.45, 7) is 3.39. The number of amides is 1. The Morgan fingerprint density at radius 2 is 2.00 bits per heavy atom. The van der Waals surface area contributed by atoms with Gasteiger partial charge >= 0.3 is 5.97 Å². The number of rotatable bonds is 6. The third kappa shape index (κ3) is 3.51. The van der Waals surface area contributed by atoms with Crippen molar-refractivity contribution in [2.75, 3.05) is 0 Å². The van der Waals surface area contributed by atoms with Gasteiger partial charge in [0.25, 0.3) is 5.91 Å². The summed E-state index contributed by atoms with van der Waals surface area (Å²) in [6, 6.07) is 9.55. The standard InChI is InChI=1S/C16H18N2O3S/c1-3-9-16(2,15(20)21)18-13(19)12-10-22-14(17-12)11-7-5-4-6-8-11/h4-8,10H,3,9H2,1-2H3,(H,18,19)(H,20,21). The van der Waals surface area contributed by atoms with Gasteiger partial charge in [0.15, 0.2) is 0 Å². The highest BCUT2D eigenvalue weighted by molar-refractivity contribution is 7.13. The Labute approximate surface area is 133 Å². The van der Waals surface area contributed by atoms with E-state index in [1.54, 1.807) is 5.38 Å². The van der Waals surface area contributed by atoms with Crippen LogP contribution in [0.2, 0.25) is 0 Å². The van der Waals surface area contributed by atoms with Crippen LogP contribution in [0.5, 0.6) is 0 Å². The molecular formula is C16H18N2O3S. The minimum atomic E-state index is -1.28. The molecule has 5 nitrogen and oxygen atoms in total. The predicted octanol–water partition coefficient (Wildman–Crippen LogP) is 3.18. The quantitative estimate of drug-likeness (QED) is 0.857. The van der Waals surface area contributed by atoms with Gasteiger partial charge < -0.3 is 10.4 Å². The van der Waals surface area contributed by atoms with Gasteiger partial charge in [0, 0.05) is 10.9 Å². The van der Waals surface area contributed by atoms with Gasteiger partial charge in [-0.15, -0.1) is 11.3 Å². The average Bonchev–Trinajstić information content (AvgIpc) is 2.98. The summed E-state index contributed by atoms with van der Waals surface area (Å²) in [4.78, 5) is 27.9. The lowest BCUT2D eigenvalue weighted by molar-refractivity contribution is -0.144.